The molecule has 0 bridgehead atoms. The number of nitrogens with zero attached hydrogens (tertiary/aromatic N) is 2. The Morgan fingerprint density at radius 1 is 1.69 bits per heavy atom. The van der Waals surface area contributed by atoms with Gasteiger partial charge in [0.2, 0.25) is 5.91 Å². The van der Waals surface area contributed by atoms with Gasteiger partial charge in [0.25, 0.3) is 0 Å². The van der Waals surface area contributed by atoms with E-state index in [1.807, 2.05) is 19.9 Å². The van der Waals surface area contributed by atoms with E-state index in [1.165, 1.54) is 6.08 Å². The number of nitriles is 1. The van der Waals surface area contributed by atoms with Crippen LogP contribution in [0, 0.1) is 17.2 Å². The van der Waals surface area contributed by atoms with Gasteiger partial charge in [-0.1, -0.05) is 20.4 Å². The van der Waals surface area contributed by atoms with Gasteiger partial charge in [0.1, 0.15) is 0 Å². The Kier molecular flexibility index (Phi) is 5.62. The zero-order chi connectivity index (χ0) is 10.3. The highest BCUT2D eigenvalue weighted by Gasteiger charge is 2.10. The monoisotopic (exact) mass is 180 g/mol. The topological polar surface area (TPSA) is 44.1 Å². The lowest BCUT2D eigenvalue weighted by molar-refractivity contribution is -0.126. The van der Waals surface area contributed by atoms with Crippen LogP contribution in [0.2, 0.25) is 0 Å². The van der Waals surface area contributed by atoms with Crippen LogP contribution in [-0.4, -0.2) is 23.9 Å². The van der Waals surface area contributed by atoms with E-state index < -0.39 is 0 Å². The molecule has 0 aromatic rings. The quantitative estimate of drug-likeness (QED) is 0.603. The fourth-order valence-corrected chi connectivity index (χ4v) is 1.05. The Morgan fingerprint density at radius 2 is 2.31 bits per heavy atom. The van der Waals surface area contributed by atoms with Crippen LogP contribution in [0.25, 0.3) is 0 Å². The van der Waals surface area contributed by atoms with Crippen LogP contribution in [0.3, 0.4) is 0 Å². The van der Waals surface area contributed by atoms with Gasteiger partial charge in [-0.2, -0.15) is 5.26 Å². The highest BCUT2D eigenvalue weighted by atomic mass is 16.2. The summed E-state index contributed by atoms with van der Waals surface area (Å²) in [6.45, 7) is 8.68. The van der Waals surface area contributed by atoms with Crippen molar-refractivity contribution in [2.24, 2.45) is 5.92 Å². The van der Waals surface area contributed by atoms with Gasteiger partial charge in [-0.15, -0.1) is 0 Å². The first-order valence-corrected chi connectivity index (χ1v) is 4.40. The smallest absolute Gasteiger partial charge is 0.245 e. The predicted molar refractivity (Wildman–Crippen MR) is 51.8 cm³/mol. The molecule has 0 aromatic heterocycles. The molecule has 13 heavy (non-hydrogen) atoms. The number of hydrogen-bond donors (Lipinski definition) is 0. The largest absolute Gasteiger partial charge is 0.338 e. The maximum Gasteiger partial charge on any atom is 0.245 e. The highest BCUT2D eigenvalue weighted by Crippen LogP contribution is 2.00. The Bertz CT molecular complexity index is 215. The summed E-state index contributed by atoms with van der Waals surface area (Å²) in [6.07, 6.45) is 1.67. The van der Waals surface area contributed by atoms with Crippen molar-refractivity contribution >= 4 is 5.91 Å². The zero-order valence-electron chi connectivity index (χ0n) is 8.29. The van der Waals surface area contributed by atoms with Crippen LogP contribution in [0.15, 0.2) is 12.7 Å². The molecule has 0 saturated heterocycles. The molecule has 0 saturated carbocycles. The summed E-state index contributed by atoms with van der Waals surface area (Å²) >= 11 is 0. The second-order valence-corrected chi connectivity index (χ2v) is 3.29. The van der Waals surface area contributed by atoms with E-state index in [-0.39, 0.29) is 5.91 Å². The van der Waals surface area contributed by atoms with Crippen LogP contribution < -0.4 is 0 Å². The summed E-state index contributed by atoms with van der Waals surface area (Å²) in [6, 6.07) is 2.02. The average Bonchev–Trinajstić information content (AvgIpc) is 2.10. The third-order valence-electron chi connectivity index (χ3n) is 1.57. The van der Waals surface area contributed by atoms with Crippen molar-refractivity contribution in [1.82, 2.24) is 4.90 Å². The Balaban J connectivity index is 4.11. The Morgan fingerprint density at radius 3 is 2.69 bits per heavy atom. The minimum Gasteiger partial charge on any atom is -0.338 e. The molecule has 3 nitrogen and oxygen atoms in total. The molecular weight excluding hydrogens is 164 g/mol. The van der Waals surface area contributed by atoms with Crippen LogP contribution in [-0.2, 0) is 4.79 Å². The normalized spacial score (nSPS) is 9.38. The van der Waals surface area contributed by atoms with Crippen LogP contribution in [0.5, 0.6) is 0 Å². The van der Waals surface area contributed by atoms with E-state index >= 15 is 0 Å². The molecule has 1 amide bonds. The average molecular weight is 180 g/mol. The van der Waals surface area contributed by atoms with Gasteiger partial charge in [-0.05, 0) is 12.0 Å². The summed E-state index contributed by atoms with van der Waals surface area (Å²) in [5, 5.41) is 8.39. The van der Waals surface area contributed by atoms with Crippen molar-refractivity contribution in [3.05, 3.63) is 12.7 Å². The van der Waals surface area contributed by atoms with E-state index in [4.69, 9.17) is 5.26 Å². The third-order valence-corrected chi connectivity index (χ3v) is 1.57. The first kappa shape index (κ1) is 11.7. The van der Waals surface area contributed by atoms with E-state index in [1.54, 1.807) is 4.90 Å². The molecule has 0 N–H and O–H groups in total. The summed E-state index contributed by atoms with van der Waals surface area (Å²) < 4.78 is 0. The molecule has 0 heterocycles. The maximum atomic E-state index is 11.3. The first-order chi connectivity index (χ1) is 6.11. The zero-order valence-corrected chi connectivity index (χ0v) is 8.29. The van der Waals surface area contributed by atoms with Crippen LogP contribution >= 0.6 is 0 Å². The second kappa shape index (κ2) is 6.24. The van der Waals surface area contributed by atoms with Crippen molar-refractivity contribution in [1.29, 1.82) is 5.26 Å². The van der Waals surface area contributed by atoms with Crippen molar-refractivity contribution < 1.29 is 4.79 Å². The summed E-state index contributed by atoms with van der Waals surface area (Å²) in [5.74, 6) is 0.326. The summed E-state index contributed by atoms with van der Waals surface area (Å²) in [4.78, 5) is 12.9. The Labute approximate surface area is 79.6 Å². The molecule has 0 aliphatic heterocycles. The van der Waals surface area contributed by atoms with E-state index in [0.717, 1.165) is 0 Å². The molecule has 0 aliphatic rings. The third kappa shape index (κ3) is 5.02. The standard InChI is InChI=1S/C10H16N2O/c1-4-10(13)12(7-5-6-11)8-9(2)3/h4,9H,1,5,7-8H2,2-3H3. The highest BCUT2D eigenvalue weighted by molar-refractivity contribution is 5.86. The van der Waals surface area contributed by atoms with Gasteiger partial charge < -0.3 is 4.90 Å². The van der Waals surface area contributed by atoms with Crippen molar-refractivity contribution in [3.63, 3.8) is 0 Å². The van der Waals surface area contributed by atoms with E-state index in [0.29, 0.717) is 25.4 Å². The predicted octanol–water partition coefficient (Wildman–Crippen LogP) is 1.57. The molecule has 0 atom stereocenters. The van der Waals surface area contributed by atoms with Crippen molar-refractivity contribution in [2.45, 2.75) is 20.3 Å². The molecule has 0 aliphatic carbocycles. The lowest BCUT2D eigenvalue weighted by atomic mass is 10.2. The van der Waals surface area contributed by atoms with Gasteiger partial charge >= 0.3 is 0 Å². The Hall–Kier alpha value is -1.30. The maximum absolute atomic E-state index is 11.3. The molecule has 0 unspecified atom stereocenters. The van der Waals surface area contributed by atoms with E-state index in [2.05, 4.69) is 6.58 Å². The van der Waals surface area contributed by atoms with Gasteiger partial charge in [-0.3, -0.25) is 4.79 Å². The van der Waals surface area contributed by atoms with Crippen LogP contribution in [0.1, 0.15) is 20.3 Å². The first-order valence-electron chi connectivity index (χ1n) is 4.40. The van der Waals surface area contributed by atoms with Crippen molar-refractivity contribution in [3.8, 4) is 6.07 Å². The fraction of sp³-hybridized carbons (Fsp3) is 0.600. The van der Waals surface area contributed by atoms with Gasteiger partial charge in [-0.25, -0.2) is 0 Å². The van der Waals surface area contributed by atoms with E-state index in [9.17, 15) is 4.79 Å². The molecule has 0 rings (SSSR count). The lowest BCUT2D eigenvalue weighted by Crippen LogP contribution is -2.33. The number of hydrogen-bond acceptors (Lipinski definition) is 2. The SMILES string of the molecule is C=CC(=O)N(CCC#N)CC(C)C. The van der Waals surface area contributed by atoms with Crippen molar-refractivity contribution in [2.75, 3.05) is 13.1 Å². The lowest BCUT2D eigenvalue weighted by Gasteiger charge is -2.21. The summed E-state index contributed by atoms with van der Waals surface area (Å²) in [7, 11) is 0. The molecule has 0 fully saturated rings. The fourth-order valence-electron chi connectivity index (χ4n) is 1.05. The number of amides is 1. The van der Waals surface area contributed by atoms with Gasteiger partial charge in [0.15, 0.2) is 0 Å². The second-order valence-electron chi connectivity index (χ2n) is 3.29. The molecule has 72 valence electrons. The molecule has 0 aromatic carbocycles. The summed E-state index contributed by atoms with van der Waals surface area (Å²) in [5.41, 5.74) is 0. The van der Waals surface area contributed by atoms with Gasteiger partial charge in [0, 0.05) is 13.1 Å². The minimum atomic E-state index is -0.0936. The number of carbonyl (C=O) groups is 1. The number of carbonyl (C=O) groups excluding carboxylic acids is 1. The molecular formula is C10H16N2O. The minimum absolute atomic E-state index is 0.0936. The molecule has 0 radical (unpaired) electrons. The number of rotatable bonds is 5. The molecule has 3 heteroatoms. The van der Waals surface area contributed by atoms with Crippen LogP contribution in [0.4, 0.5) is 0 Å². The van der Waals surface area contributed by atoms with Gasteiger partial charge in [0.05, 0.1) is 12.5 Å². The molecule has 0 spiro atoms.